The molecule has 0 aliphatic heterocycles. The van der Waals surface area contributed by atoms with Crippen LogP contribution in [0.25, 0.3) is 0 Å². The first-order valence-corrected chi connectivity index (χ1v) is 5.69. The van der Waals surface area contributed by atoms with E-state index in [9.17, 15) is 4.79 Å². The maximum absolute atomic E-state index is 10.2. The van der Waals surface area contributed by atoms with Crippen molar-refractivity contribution >= 4 is 41.3 Å². The zero-order chi connectivity index (χ0) is 9.84. The second-order valence-electron chi connectivity index (χ2n) is 2.25. The molecule has 7 heteroatoms. The van der Waals surface area contributed by atoms with Gasteiger partial charge in [0.25, 0.3) is 0 Å². The van der Waals surface area contributed by atoms with Gasteiger partial charge in [-0.2, -0.15) is 5.10 Å². The molecule has 1 N–H and O–H groups in total. The summed E-state index contributed by atoms with van der Waals surface area (Å²) < 4.78 is 3.15. The average Bonchev–Trinajstić information content (AvgIpc) is 2.30. The van der Waals surface area contributed by atoms with E-state index < -0.39 is 5.97 Å². The Balaban J connectivity index is 2.46. The highest BCUT2D eigenvalue weighted by Crippen LogP contribution is 2.21. The van der Waals surface area contributed by atoms with Gasteiger partial charge in [0.1, 0.15) is 0 Å². The van der Waals surface area contributed by atoms with Crippen LogP contribution in [0.15, 0.2) is 4.34 Å². The Kier molecular flexibility index (Phi) is 3.89. The summed E-state index contributed by atoms with van der Waals surface area (Å²) in [5.74, 6) is -0.246. The Hall–Kier alpha value is -0.400. The van der Waals surface area contributed by atoms with Gasteiger partial charge >= 0.3 is 5.97 Å². The van der Waals surface area contributed by atoms with Crippen LogP contribution in [-0.4, -0.2) is 26.6 Å². The second kappa shape index (κ2) is 4.73. The van der Waals surface area contributed by atoms with E-state index in [0.717, 1.165) is 4.34 Å². The third-order valence-corrected chi connectivity index (χ3v) is 3.76. The van der Waals surface area contributed by atoms with Crippen molar-refractivity contribution < 1.29 is 9.90 Å². The molecule has 13 heavy (non-hydrogen) atoms. The van der Waals surface area contributed by atoms with Crippen molar-refractivity contribution in [1.29, 1.82) is 0 Å². The van der Waals surface area contributed by atoms with Crippen LogP contribution >= 0.6 is 35.3 Å². The zero-order valence-corrected chi connectivity index (χ0v) is 9.34. The van der Waals surface area contributed by atoms with E-state index in [-0.39, 0.29) is 6.42 Å². The molecule has 0 amide bonds. The highest BCUT2D eigenvalue weighted by atomic mass is 32.2. The smallest absolute Gasteiger partial charge is 0.304 e. The van der Waals surface area contributed by atoms with E-state index in [1.807, 2.05) is 0 Å². The number of aromatic nitrogens is 2. The number of carboxylic acids is 1. The number of hydrogen-bond donors (Lipinski definition) is 1. The van der Waals surface area contributed by atoms with Crippen molar-refractivity contribution in [1.82, 2.24) is 9.78 Å². The molecule has 1 aromatic rings. The van der Waals surface area contributed by atoms with Gasteiger partial charge in [0, 0.05) is 12.8 Å². The third kappa shape index (κ3) is 3.45. The molecule has 1 rings (SSSR count). The van der Waals surface area contributed by atoms with Gasteiger partial charge in [0.05, 0.1) is 6.42 Å². The lowest BCUT2D eigenvalue weighted by atomic mass is 10.5. The minimum absolute atomic E-state index is 0.153. The molecule has 0 unspecified atom stereocenters. The SMILES string of the molecule is Cn1nc(SCCC(=O)O)sc1=S. The van der Waals surface area contributed by atoms with Crippen molar-refractivity contribution in [2.45, 2.75) is 10.8 Å². The van der Waals surface area contributed by atoms with Gasteiger partial charge in [0.2, 0.25) is 0 Å². The molecule has 0 saturated carbocycles. The molecular formula is C6H8N2O2S3. The summed E-state index contributed by atoms with van der Waals surface area (Å²) in [6.07, 6.45) is 0.153. The Morgan fingerprint density at radius 2 is 2.54 bits per heavy atom. The van der Waals surface area contributed by atoms with Crippen LogP contribution in [0, 0.1) is 3.95 Å². The molecule has 72 valence electrons. The lowest BCUT2D eigenvalue weighted by Crippen LogP contribution is -1.96. The Morgan fingerprint density at radius 1 is 1.85 bits per heavy atom. The maximum atomic E-state index is 10.2. The monoisotopic (exact) mass is 236 g/mol. The number of hydrogen-bond acceptors (Lipinski definition) is 5. The lowest BCUT2D eigenvalue weighted by molar-refractivity contribution is -0.136. The molecule has 0 bridgehead atoms. The number of rotatable bonds is 4. The first-order chi connectivity index (χ1) is 6.09. The molecule has 0 aliphatic carbocycles. The molecular weight excluding hydrogens is 228 g/mol. The van der Waals surface area contributed by atoms with Gasteiger partial charge in [0.15, 0.2) is 8.29 Å². The van der Waals surface area contributed by atoms with Crippen molar-refractivity contribution in [2.24, 2.45) is 7.05 Å². The van der Waals surface area contributed by atoms with Gasteiger partial charge < -0.3 is 5.11 Å². The predicted molar refractivity (Wildman–Crippen MR) is 54.9 cm³/mol. The van der Waals surface area contributed by atoms with Gasteiger partial charge in [-0.05, 0) is 12.2 Å². The van der Waals surface area contributed by atoms with E-state index in [1.54, 1.807) is 11.7 Å². The fraction of sp³-hybridized carbons (Fsp3) is 0.500. The normalized spacial score (nSPS) is 10.2. The van der Waals surface area contributed by atoms with Gasteiger partial charge in [-0.15, -0.1) is 0 Å². The van der Waals surface area contributed by atoms with Crippen molar-refractivity contribution in [2.75, 3.05) is 5.75 Å². The van der Waals surface area contributed by atoms with Crippen LogP contribution < -0.4 is 0 Å². The fourth-order valence-electron chi connectivity index (χ4n) is 0.608. The molecule has 0 atom stereocenters. The van der Waals surface area contributed by atoms with Crippen LogP contribution in [0.3, 0.4) is 0 Å². The van der Waals surface area contributed by atoms with E-state index in [1.165, 1.54) is 23.1 Å². The standard InChI is InChI=1S/C6H8N2O2S3/c1-8-6(11)13-5(7-8)12-3-2-4(9)10/h2-3H2,1H3,(H,9,10). The third-order valence-electron chi connectivity index (χ3n) is 1.21. The number of nitrogens with zero attached hydrogens (tertiary/aromatic N) is 2. The summed E-state index contributed by atoms with van der Waals surface area (Å²) >= 11 is 7.79. The van der Waals surface area contributed by atoms with E-state index in [0.29, 0.717) is 9.71 Å². The average molecular weight is 236 g/mol. The Bertz CT molecular complexity index is 357. The van der Waals surface area contributed by atoms with E-state index in [2.05, 4.69) is 5.10 Å². The number of thioether (sulfide) groups is 1. The summed E-state index contributed by atoms with van der Waals surface area (Å²) in [5, 5.41) is 12.5. The van der Waals surface area contributed by atoms with Crippen molar-refractivity contribution in [3.8, 4) is 0 Å². The molecule has 0 spiro atoms. The summed E-state index contributed by atoms with van der Waals surface area (Å²) in [7, 11) is 1.78. The largest absolute Gasteiger partial charge is 0.481 e. The van der Waals surface area contributed by atoms with Gasteiger partial charge in [-0.25, -0.2) is 4.68 Å². The van der Waals surface area contributed by atoms with Crippen LogP contribution in [0.4, 0.5) is 0 Å². The molecule has 0 aliphatic rings. The van der Waals surface area contributed by atoms with Crippen LogP contribution in [-0.2, 0) is 11.8 Å². The van der Waals surface area contributed by atoms with Gasteiger partial charge in [-0.3, -0.25) is 4.79 Å². The van der Waals surface area contributed by atoms with Crippen molar-refractivity contribution in [3.63, 3.8) is 0 Å². The summed E-state index contributed by atoms with van der Waals surface area (Å²) in [6, 6.07) is 0. The van der Waals surface area contributed by atoms with Gasteiger partial charge in [-0.1, -0.05) is 23.1 Å². The van der Waals surface area contributed by atoms with E-state index >= 15 is 0 Å². The maximum Gasteiger partial charge on any atom is 0.304 e. The predicted octanol–water partition coefficient (Wildman–Crippen LogP) is 1.78. The molecule has 0 aromatic carbocycles. The topological polar surface area (TPSA) is 55.1 Å². The van der Waals surface area contributed by atoms with Crippen LogP contribution in [0.1, 0.15) is 6.42 Å². The minimum Gasteiger partial charge on any atom is -0.481 e. The quantitative estimate of drug-likeness (QED) is 0.638. The zero-order valence-electron chi connectivity index (χ0n) is 6.89. The van der Waals surface area contributed by atoms with Crippen LogP contribution in [0.2, 0.25) is 0 Å². The number of carboxylic acid groups (broad SMARTS) is 1. The first kappa shape index (κ1) is 10.7. The Morgan fingerprint density at radius 3 is 3.00 bits per heavy atom. The molecule has 4 nitrogen and oxygen atoms in total. The molecule has 0 saturated heterocycles. The second-order valence-corrected chi connectivity index (χ2v) is 5.21. The fourth-order valence-corrected chi connectivity index (χ4v) is 2.88. The van der Waals surface area contributed by atoms with E-state index in [4.69, 9.17) is 17.3 Å². The minimum atomic E-state index is -0.785. The van der Waals surface area contributed by atoms with Crippen LogP contribution in [0.5, 0.6) is 0 Å². The summed E-state index contributed by atoms with van der Waals surface area (Å²) in [4.78, 5) is 10.2. The number of aliphatic carboxylic acids is 1. The Labute approximate surface area is 88.6 Å². The molecule has 1 aromatic heterocycles. The summed E-state index contributed by atoms with van der Waals surface area (Å²) in [6.45, 7) is 0. The number of aryl methyl sites for hydroxylation is 1. The highest BCUT2D eigenvalue weighted by Gasteiger charge is 2.03. The first-order valence-electron chi connectivity index (χ1n) is 3.48. The lowest BCUT2D eigenvalue weighted by Gasteiger charge is -1.91. The highest BCUT2D eigenvalue weighted by molar-refractivity contribution is 8.01. The molecule has 0 radical (unpaired) electrons. The number of carbonyl (C=O) groups is 1. The molecule has 1 heterocycles. The summed E-state index contributed by atoms with van der Waals surface area (Å²) in [5.41, 5.74) is 0. The van der Waals surface area contributed by atoms with Crippen molar-refractivity contribution in [3.05, 3.63) is 3.95 Å². The molecule has 0 fully saturated rings.